The third kappa shape index (κ3) is 4.45. The molecule has 0 spiro atoms. The summed E-state index contributed by atoms with van der Waals surface area (Å²) in [5.74, 6) is -1.02. The van der Waals surface area contributed by atoms with Gasteiger partial charge in [-0.25, -0.2) is 0 Å². The van der Waals surface area contributed by atoms with Crippen molar-refractivity contribution in [2.24, 2.45) is 5.73 Å². The lowest BCUT2D eigenvalue weighted by atomic mass is 10.2. The van der Waals surface area contributed by atoms with E-state index in [4.69, 9.17) is 15.2 Å². The molecule has 8 heteroatoms. The summed E-state index contributed by atoms with van der Waals surface area (Å²) in [5, 5.41) is 2.40. The minimum absolute atomic E-state index is 0.0893. The number of methoxy groups -OCH3 is 2. The number of benzene rings is 1. The summed E-state index contributed by atoms with van der Waals surface area (Å²) >= 11 is 0. The number of nitrogens with two attached hydrogens (primary N) is 1. The lowest BCUT2D eigenvalue weighted by Crippen LogP contribution is -2.40. The number of hydrogen-bond acceptors (Lipinski definition) is 6. The Morgan fingerprint density at radius 3 is 2.59 bits per heavy atom. The third-order valence-electron chi connectivity index (χ3n) is 2.84. The zero-order chi connectivity index (χ0) is 16.5. The van der Waals surface area contributed by atoms with Crippen molar-refractivity contribution in [2.45, 2.75) is 6.42 Å². The quantitative estimate of drug-likeness (QED) is 0.541. The predicted octanol–water partition coefficient (Wildman–Crippen LogP) is -0.0239. The maximum absolute atomic E-state index is 11.9. The molecule has 0 aromatic heterocycles. The molecule has 8 nitrogen and oxygen atoms in total. The molecule has 0 aliphatic carbocycles. The Kier molecular flexibility index (Phi) is 6.84. The number of anilines is 1. The van der Waals surface area contributed by atoms with Crippen molar-refractivity contribution in [2.75, 3.05) is 32.6 Å². The Hall–Kier alpha value is -2.61. The van der Waals surface area contributed by atoms with Gasteiger partial charge < -0.3 is 20.5 Å². The van der Waals surface area contributed by atoms with E-state index < -0.39 is 11.8 Å². The number of imide groups is 1. The summed E-state index contributed by atoms with van der Waals surface area (Å²) < 4.78 is 10.2. The number of nitrogens with zero attached hydrogens (tertiary/aromatic N) is 1. The molecule has 1 aromatic carbocycles. The van der Waals surface area contributed by atoms with Crippen LogP contribution in [0.1, 0.15) is 6.42 Å². The lowest BCUT2D eigenvalue weighted by Gasteiger charge is -2.15. The molecule has 0 fully saturated rings. The molecule has 1 aromatic rings. The van der Waals surface area contributed by atoms with Crippen LogP contribution in [0.2, 0.25) is 0 Å². The van der Waals surface area contributed by atoms with Gasteiger partial charge in [0.25, 0.3) is 0 Å². The molecule has 0 radical (unpaired) electrons. The van der Waals surface area contributed by atoms with E-state index in [1.54, 1.807) is 12.1 Å². The van der Waals surface area contributed by atoms with Gasteiger partial charge in [-0.15, -0.1) is 0 Å². The zero-order valence-corrected chi connectivity index (χ0v) is 12.5. The zero-order valence-electron chi connectivity index (χ0n) is 12.5. The lowest BCUT2D eigenvalue weighted by molar-refractivity contribution is -0.146. The SMILES string of the molecule is COc1ccc(NC(=O)C(=O)N(C=O)CCCN)c(OC)c1. The number of nitrogens with one attached hydrogen (secondary N) is 1. The van der Waals surface area contributed by atoms with Crippen LogP contribution < -0.4 is 20.5 Å². The fourth-order valence-corrected chi connectivity index (χ4v) is 1.67. The first kappa shape index (κ1) is 17.4. The average molecular weight is 309 g/mol. The van der Waals surface area contributed by atoms with Crippen molar-refractivity contribution in [3.63, 3.8) is 0 Å². The smallest absolute Gasteiger partial charge is 0.318 e. The molecule has 0 aliphatic rings. The van der Waals surface area contributed by atoms with Crippen LogP contribution in [0.25, 0.3) is 0 Å². The van der Waals surface area contributed by atoms with Gasteiger partial charge in [-0.3, -0.25) is 19.3 Å². The Morgan fingerprint density at radius 1 is 1.32 bits per heavy atom. The summed E-state index contributed by atoms with van der Waals surface area (Å²) in [5.41, 5.74) is 5.61. The first-order valence-electron chi connectivity index (χ1n) is 6.56. The molecule has 0 heterocycles. The van der Waals surface area contributed by atoms with E-state index in [0.29, 0.717) is 36.6 Å². The molecule has 0 unspecified atom stereocenters. The second-order valence-corrected chi connectivity index (χ2v) is 4.27. The minimum Gasteiger partial charge on any atom is -0.497 e. The Balaban J connectivity index is 2.83. The minimum atomic E-state index is -0.957. The largest absolute Gasteiger partial charge is 0.497 e. The summed E-state index contributed by atoms with van der Waals surface area (Å²) in [6.45, 7) is 0.400. The van der Waals surface area contributed by atoms with Crippen molar-refractivity contribution in [1.29, 1.82) is 0 Å². The normalized spacial score (nSPS) is 9.77. The van der Waals surface area contributed by atoms with Gasteiger partial charge >= 0.3 is 11.8 Å². The van der Waals surface area contributed by atoms with Crippen LogP contribution in [0.4, 0.5) is 5.69 Å². The highest BCUT2D eigenvalue weighted by atomic mass is 16.5. The van der Waals surface area contributed by atoms with Crippen LogP contribution in [-0.2, 0) is 14.4 Å². The number of rotatable bonds is 7. The maximum Gasteiger partial charge on any atom is 0.318 e. The van der Waals surface area contributed by atoms with Crippen molar-refractivity contribution in [3.05, 3.63) is 18.2 Å². The Bertz CT molecular complexity index is 547. The molecule has 1 rings (SSSR count). The summed E-state index contributed by atoms with van der Waals surface area (Å²) in [6, 6.07) is 4.70. The molecule has 120 valence electrons. The van der Waals surface area contributed by atoms with Crippen LogP contribution in [0.15, 0.2) is 18.2 Å². The van der Waals surface area contributed by atoms with Gasteiger partial charge in [0.1, 0.15) is 11.5 Å². The average Bonchev–Trinajstić information content (AvgIpc) is 2.55. The molecule has 0 atom stereocenters. The van der Waals surface area contributed by atoms with Crippen LogP contribution in [0.3, 0.4) is 0 Å². The standard InChI is InChI=1S/C14H19N3O5/c1-21-10-4-5-11(12(8-10)22-2)16-13(19)14(20)17(9-18)7-3-6-15/h4-5,8-9H,3,6-7,15H2,1-2H3,(H,16,19). The van der Waals surface area contributed by atoms with Crippen LogP contribution in [0.5, 0.6) is 11.5 Å². The highest BCUT2D eigenvalue weighted by Gasteiger charge is 2.22. The van der Waals surface area contributed by atoms with Crippen LogP contribution >= 0.6 is 0 Å². The van der Waals surface area contributed by atoms with Gasteiger partial charge in [0.2, 0.25) is 6.41 Å². The number of carbonyl (C=O) groups is 3. The second kappa shape index (κ2) is 8.63. The Labute approximate surface area is 128 Å². The fraction of sp³-hybridized carbons (Fsp3) is 0.357. The third-order valence-corrected chi connectivity index (χ3v) is 2.84. The topological polar surface area (TPSA) is 111 Å². The number of ether oxygens (including phenoxy) is 2. The van der Waals surface area contributed by atoms with Crippen molar-refractivity contribution >= 4 is 23.9 Å². The van der Waals surface area contributed by atoms with E-state index in [1.807, 2.05) is 0 Å². The molecule has 3 amide bonds. The van der Waals surface area contributed by atoms with Gasteiger partial charge in [0.15, 0.2) is 0 Å². The van der Waals surface area contributed by atoms with Gasteiger partial charge in [0.05, 0.1) is 19.9 Å². The van der Waals surface area contributed by atoms with E-state index in [1.165, 1.54) is 20.3 Å². The molecular formula is C14H19N3O5. The Morgan fingerprint density at radius 2 is 2.05 bits per heavy atom. The van der Waals surface area contributed by atoms with E-state index in [-0.39, 0.29) is 6.54 Å². The van der Waals surface area contributed by atoms with Crippen LogP contribution in [0, 0.1) is 0 Å². The summed E-state index contributed by atoms with van der Waals surface area (Å²) in [7, 11) is 2.92. The first-order chi connectivity index (χ1) is 10.6. The number of carbonyl (C=O) groups excluding carboxylic acids is 3. The number of hydrogen-bond donors (Lipinski definition) is 2. The highest BCUT2D eigenvalue weighted by molar-refractivity contribution is 6.41. The summed E-state index contributed by atoms with van der Waals surface area (Å²) in [6.07, 6.45) is 0.729. The van der Waals surface area contributed by atoms with Crippen LogP contribution in [-0.4, -0.2) is 50.4 Å². The van der Waals surface area contributed by atoms with Gasteiger partial charge in [0, 0.05) is 12.6 Å². The molecular weight excluding hydrogens is 290 g/mol. The van der Waals surface area contributed by atoms with Gasteiger partial charge in [-0.2, -0.15) is 0 Å². The molecule has 3 N–H and O–H groups in total. The van der Waals surface area contributed by atoms with E-state index in [2.05, 4.69) is 5.32 Å². The molecule has 0 bridgehead atoms. The van der Waals surface area contributed by atoms with Gasteiger partial charge in [-0.1, -0.05) is 0 Å². The van der Waals surface area contributed by atoms with E-state index >= 15 is 0 Å². The predicted molar refractivity (Wildman–Crippen MR) is 79.6 cm³/mol. The van der Waals surface area contributed by atoms with Crippen molar-refractivity contribution in [1.82, 2.24) is 4.90 Å². The molecule has 0 aliphatic heterocycles. The monoisotopic (exact) mass is 309 g/mol. The van der Waals surface area contributed by atoms with Crippen molar-refractivity contribution < 1.29 is 23.9 Å². The van der Waals surface area contributed by atoms with Gasteiger partial charge in [-0.05, 0) is 25.1 Å². The molecule has 0 saturated heterocycles. The van der Waals surface area contributed by atoms with E-state index in [9.17, 15) is 14.4 Å². The summed E-state index contributed by atoms with van der Waals surface area (Å²) in [4.78, 5) is 35.4. The number of amides is 3. The molecule has 22 heavy (non-hydrogen) atoms. The van der Waals surface area contributed by atoms with Crippen molar-refractivity contribution in [3.8, 4) is 11.5 Å². The second-order valence-electron chi connectivity index (χ2n) is 4.27. The highest BCUT2D eigenvalue weighted by Crippen LogP contribution is 2.28. The fourth-order valence-electron chi connectivity index (χ4n) is 1.67. The molecule has 0 saturated carbocycles. The first-order valence-corrected chi connectivity index (χ1v) is 6.56. The maximum atomic E-state index is 11.9. The van der Waals surface area contributed by atoms with E-state index in [0.717, 1.165) is 4.90 Å².